The lowest BCUT2D eigenvalue weighted by molar-refractivity contribution is 0.0690. The number of ether oxygens (including phenoxy) is 1. The SMILES string of the molecule is C=C(C)CCOc1nccc(C)c1C(=O)O. The van der Waals surface area contributed by atoms with Gasteiger partial charge in [-0.05, 0) is 25.5 Å². The highest BCUT2D eigenvalue weighted by Gasteiger charge is 2.15. The highest BCUT2D eigenvalue weighted by Crippen LogP contribution is 2.19. The molecule has 1 aromatic rings. The molecule has 0 spiro atoms. The van der Waals surface area contributed by atoms with E-state index in [9.17, 15) is 4.79 Å². The minimum atomic E-state index is -1.02. The summed E-state index contributed by atoms with van der Waals surface area (Å²) in [5, 5.41) is 9.02. The van der Waals surface area contributed by atoms with E-state index in [2.05, 4.69) is 11.6 Å². The molecule has 0 aliphatic heterocycles. The number of carboxylic acids is 1. The van der Waals surface area contributed by atoms with E-state index < -0.39 is 5.97 Å². The summed E-state index contributed by atoms with van der Waals surface area (Å²) in [6.07, 6.45) is 2.23. The first-order chi connectivity index (χ1) is 7.52. The molecule has 0 aliphatic rings. The van der Waals surface area contributed by atoms with E-state index in [1.165, 1.54) is 6.20 Å². The van der Waals surface area contributed by atoms with Crippen LogP contribution >= 0.6 is 0 Å². The van der Waals surface area contributed by atoms with Crippen molar-refractivity contribution in [2.75, 3.05) is 6.61 Å². The third kappa shape index (κ3) is 3.08. The van der Waals surface area contributed by atoms with Crippen LogP contribution < -0.4 is 4.74 Å². The van der Waals surface area contributed by atoms with Gasteiger partial charge in [0.05, 0.1) is 6.61 Å². The van der Waals surface area contributed by atoms with Gasteiger partial charge in [-0.25, -0.2) is 9.78 Å². The van der Waals surface area contributed by atoms with Gasteiger partial charge >= 0.3 is 5.97 Å². The number of aromatic nitrogens is 1. The van der Waals surface area contributed by atoms with Crippen LogP contribution in [0.2, 0.25) is 0 Å². The van der Waals surface area contributed by atoms with E-state index in [-0.39, 0.29) is 11.4 Å². The Morgan fingerprint density at radius 2 is 2.31 bits per heavy atom. The Kier molecular flexibility index (Phi) is 4.05. The molecule has 1 rings (SSSR count). The molecule has 0 saturated heterocycles. The summed E-state index contributed by atoms with van der Waals surface area (Å²) in [6, 6.07) is 1.65. The first-order valence-electron chi connectivity index (χ1n) is 4.98. The number of rotatable bonds is 5. The van der Waals surface area contributed by atoms with Crippen molar-refractivity contribution in [2.24, 2.45) is 0 Å². The smallest absolute Gasteiger partial charge is 0.341 e. The lowest BCUT2D eigenvalue weighted by Gasteiger charge is -2.09. The molecule has 16 heavy (non-hydrogen) atoms. The second-order valence-electron chi connectivity index (χ2n) is 3.67. The Bertz CT molecular complexity index is 413. The minimum Gasteiger partial charge on any atom is -0.477 e. The zero-order chi connectivity index (χ0) is 12.1. The van der Waals surface area contributed by atoms with Crippen molar-refractivity contribution in [2.45, 2.75) is 20.3 Å². The maximum Gasteiger partial charge on any atom is 0.341 e. The van der Waals surface area contributed by atoms with Crippen LogP contribution in [0.3, 0.4) is 0 Å². The van der Waals surface area contributed by atoms with Gasteiger partial charge < -0.3 is 9.84 Å². The quantitative estimate of drug-likeness (QED) is 0.776. The molecule has 0 aromatic carbocycles. The molecule has 0 saturated carbocycles. The summed E-state index contributed by atoms with van der Waals surface area (Å²) in [4.78, 5) is 14.9. The third-order valence-corrected chi connectivity index (χ3v) is 2.11. The molecule has 1 aromatic heterocycles. The number of aryl methyl sites for hydroxylation is 1. The average molecular weight is 221 g/mol. The van der Waals surface area contributed by atoms with E-state index in [0.717, 1.165) is 5.57 Å². The van der Waals surface area contributed by atoms with Crippen molar-refractivity contribution in [1.29, 1.82) is 0 Å². The summed E-state index contributed by atoms with van der Waals surface area (Å²) < 4.78 is 5.34. The highest BCUT2D eigenvalue weighted by molar-refractivity contribution is 5.91. The maximum absolute atomic E-state index is 11.0. The van der Waals surface area contributed by atoms with Crippen LogP contribution in [0, 0.1) is 6.92 Å². The molecule has 0 atom stereocenters. The van der Waals surface area contributed by atoms with Crippen LogP contribution in [0.5, 0.6) is 5.88 Å². The van der Waals surface area contributed by atoms with Crippen LogP contribution in [-0.2, 0) is 0 Å². The monoisotopic (exact) mass is 221 g/mol. The van der Waals surface area contributed by atoms with Crippen molar-refractivity contribution in [3.63, 3.8) is 0 Å². The summed E-state index contributed by atoms with van der Waals surface area (Å²) in [7, 11) is 0. The minimum absolute atomic E-state index is 0.129. The molecule has 0 fully saturated rings. The molecule has 4 heteroatoms. The van der Waals surface area contributed by atoms with Gasteiger partial charge in [0, 0.05) is 12.6 Å². The average Bonchev–Trinajstić information content (AvgIpc) is 2.16. The van der Waals surface area contributed by atoms with Gasteiger partial charge in [-0.1, -0.05) is 5.57 Å². The van der Waals surface area contributed by atoms with Crippen molar-refractivity contribution < 1.29 is 14.6 Å². The standard InChI is InChI=1S/C12H15NO3/c1-8(2)5-7-16-11-10(12(14)15)9(3)4-6-13-11/h4,6H,1,5,7H2,2-3H3,(H,14,15). The van der Waals surface area contributed by atoms with E-state index >= 15 is 0 Å². The number of aromatic carboxylic acids is 1. The van der Waals surface area contributed by atoms with Crippen molar-refractivity contribution in [3.8, 4) is 5.88 Å². The van der Waals surface area contributed by atoms with Crippen molar-refractivity contribution >= 4 is 5.97 Å². The molecule has 1 N–H and O–H groups in total. The number of hydrogen-bond donors (Lipinski definition) is 1. The molecule has 0 amide bonds. The summed E-state index contributed by atoms with van der Waals surface area (Å²) in [5.74, 6) is -0.843. The lowest BCUT2D eigenvalue weighted by atomic mass is 10.1. The number of pyridine rings is 1. The predicted molar refractivity (Wildman–Crippen MR) is 60.9 cm³/mol. The first kappa shape index (κ1) is 12.2. The van der Waals surface area contributed by atoms with Gasteiger partial charge in [-0.15, -0.1) is 6.58 Å². The zero-order valence-corrected chi connectivity index (χ0v) is 9.49. The highest BCUT2D eigenvalue weighted by atomic mass is 16.5. The summed E-state index contributed by atoms with van der Waals surface area (Å²) >= 11 is 0. The van der Waals surface area contributed by atoms with Gasteiger partial charge in [-0.3, -0.25) is 0 Å². The van der Waals surface area contributed by atoms with Crippen LogP contribution in [-0.4, -0.2) is 22.7 Å². The van der Waals surface area contributed by atoms with Crippen LogP contribution in [0.25, 0.3) is 0 Å². The lowest BCUT2D eigenvalue weighted by Crippen LogP contribution is -2.08. The molecular formula is C12H15NO3. The first-order valence-corrected chi connectivity index (χ1v) is 4.98. The summed E-state index contributed by atoms with van der Waals surface area (Å²) in [5.41, 5.74) is 1.77. The Balaban J connectivity index is 2.83. The molecule has 4 nitrogen and oxygen atoms in total. The molecule has 1 heterocycles. The molecule has 0 aliphatic carbocycles. The van der Waals surface area contributed by atoms with Gasteiger partial charge in [-0.2, -0.15) is 0 Å². The van der Waals surface area contributed by atoms with Crippen LogP contribution in [0.4, 0.5) is 0 Å². The largest absolute Gasteiger partial charge is 0.477 e. The molecular weight excluding hydrogens is 206 g/mol. The number of carbonyl (C=O) groups is 1. The number of carboxylic acid groups (broad SMARTS) is 1. The van der Waals surface area contributed by atoms with Gasteiger partial charge in [0.1, 0.15) is 5.56 Å². The molecule has 0 bridgehead atoms. The van der Waals surface area contributed by atoms with Gasteiger partial charge in [0.15, 0.2) is 0 Å². The number of hydrogen-bond acceptors (Lipinski definition) is 3. The topological polar surface area (TPSA) is 59.4 Å². The Hall–Kier alpha value is -1.84. The van der Waals surface area contributed by atoms with Crippen molar-refractivity contribution in [3.05, 3.63) is 35.5 Å². The Morgan fingerprint density at radius 3 is 2.88 bits per heavy atom. The Labute approximate surface area is 94.6 Å². The normalized spacial score (nSPS) is 9.88. The van der Waals surface area contributed by atoms with Crippen LogP contribution in [0.15, 0.2) is 24.4 Å². The fraction of sp³-hybridized carbons (Fsp3) is 0.333. The van der Waals surface area contributed by atoms with E-state index in [4.69, 9.17) is 9.84 Å². The number of nitrogens with zero attached hydrogens (tertiary/aromatic N) is 1. The fourth-order valence-electron chi connectivity index (χ4n) is 1.22. The predicted octanol–water partition coefficient (Wildman–Crippen LogP) is 2.43. The van der Waals surface area contributed by atoms with Crippen LogP contribution in [0.1, 0.15) is 29.3 Å². The molecule has 0 radical (unpaired) electrons. The molecule has 86 valence electrons. The maximum atomic E-state index is 11.0. The fourth-order valence-corrected chi connectivity index (χ4v) is 1.22. The van der Waals surface area contributed by atoms with Gasteiger partial charge in [0.25, 0.3) is 0 Å². The van der Waals surface area contributed by atoms with E-state index in [1.54, 1.807) is 13.0 Å². The second kappa shape index (κ2) is 5.30. The van der Waals surface area contributed by atoms with Crippen molar-refractivity contribution in [1.82, 2.24) is 4.98 Å². The van der Waals surface area contributed by atoms with E-state index in [0.29, 0.717) is 18.6 Å². The summed E-state index contributed by atoms with van der Waals surface area (Å²) in [6.45, 7) is 7.75. The Morgan fingerprint density at radius 1 is 1.62 bits per heavy atom. The van der Waals surface area contributed by atoms with Gasteiger partial charge in [0.2, 0.25) is 5.88 Å². The molecule has 0 unspecified atom stereocenters. The van der Waals surface area contributed by atoms with E-state index in [1.807, 2.05) is 6.92 Å². The second-order valence-corrected chi connectivity index (χ2v) is 3.67. The zero-order valence-electron chi connectivity index (χ0n) is 9.49. The third-order valence-electron chi connectivity index (χ3n) is 2.11.